The van der Waals surface area contributed by atoms with Crippen LogP contribution >= 0.6 is 0 Å². The number of nitrogens with zero attached hydrogens (tertiary/aromatic N) is 3. The molecule has 1 fully saturated rings. The molecule has 0 bridgehead atoms. The predicted octanol–water partition coefficient (Wildman–Crippen LogP) is 5.11. The van der Waals surface area contributed by atoms with Crippen molar-refractivity contribution in [3.63, 3.8) is 0 Å². The van der Waals surface area contributed by atoms with E-state index in [1.54, 1.807) is 12.4 Å². The van der Waals surface area contributed by atoms with E-state index in [4.69, 9.17) is 15.2 Å². The molecular formula is C30H27FN4O3. The lowest BCUT2D eigenvalue weighted by atomic mass is 9.73. The quantitative estimate of drug-likeness (QED) is 0.343. The maximum Gasteiger partial charge on any atom is 0.228 e. The zero-order valence-corrected chi connectivity index (χ0v) is 21.0. The van der Waals surface area contributed by atoms with Crippen LogP contribution in [0.3, 0.4) is 0 Å². The van der Waals surface area contributed by atoms with E-state index in [2.05, 4.69) is 41.4 Å². The Hall–Kier alpha value is -4.30. The van der Waals surface area contributed by atoms with Crippen LogP contribution in [0.15, 0.2) is 73.1 Å². The number of rotatable bonds is 6. The Balaban J connectivity index is 1.34. The first-order valence-corrected chi connectivity index (χ1v) is 12.6. The molecule has 6 rings (SSSR count). The molecule has 5 aromatic rings. The third-order valence-electron chi connectivity index (χ3n) is 7.44. The number of hydrogen-bond acceptors (Lipinski definition) is 5. The lowest BCUT2D eigenvalue weighted by Gasteiger charge is -2.34. The number of carbonyl (C=O) groups excluding carboxylic acids is 1. The molecule has 8 heteroatoms. The van der Waals surface area contributed by atoms with Gasteiger partial charge in [-0.3, -0.25) is 9.20 Å². The molecule has 192 valence electrons. The van der Waals surface area contributed by atoms with E-state index in [9.17, 15) is 9.18 Å². The van der Waals surface area contributed by atoms with Crippen molar-refractivity contribution in [2.24, 2.45) is 5.73 Å². The molecule has 2 aromatic heterocycles. The molecule has 0 unspecified atom stereocenters. The van der Waals surface area contributed by atoms with Crippen molar-refractivity contribution in [1.29, 1.82) is 0 Å². The summed E-state index contributed by atoms with van der Waals surface area (Å²) in [6.07, 6.45) is 2.51. The van der Waals surface area contributed by atoms with E-state index in [0.717, 1.165) is 33.2 Å². The summed E-state index contributed by atoms with van der Waals surface area (Å²) in [5, 5.41) is 9.44. The highest BCUT2D eigenvalue weighted by Crippen LogP contribution is 2.37. The van der Waals surface area contributed by atoms with E-state index >= 15 is 0 Å². The molecule has 1 aliphatic rings. The van der Waals surface area contributed by atoms with Crippen LogP contribution < -0.4 is 10.5 Å². The number of fused-ring (bicyclic) bond motifs is 3. The topological polar surface area (TPSA) is 91.7 Å². The molecule has 0 atom stereocenters. The molecule has 3 aromatic carbocycles. The summed E-state index contributed by atoms with van der Waals surface area (Å²) in [6, 6.07) is 20.9. The van der Waals surface area contributed by atoms with Crippen molar-refractivity contribution in [3.05, 3.63) is 95.6 Å². The van der Waals surface area contributed by atoms with E-state index in [-0.39, 0.29) is 6.61 Å². The fourth-order valence-electron chi connectivity index (χ4n) is 5.37. The number of halogens is 1. The lowest BCUT2D eigenvalue weighted by Crippen LogP contribution is -2.45. The van der Waals surface area contributed by atoms with Crippen LogP contribution in [0.25, 0.3) is 27.7 Å². The molecule has 2 N–H and O–H groups in total. The summed E-state index contributed by atoms with van der Waals surface area (Å²) in [4.78, 5) is 12.4. The number of ether oxygens (including phenoxy) is 2. The third kappa shape index (κ3) is 4.26. The first-order valence-electron chi connectivity index (χ1n) is 12.6. The van der Waals surface area contributed by atoms with Gasteiger partial charge in [0, 0.05) is 24.7 Å². The molecule has 38 heavy (non-hydrogen) atoms. The zero-order valence-electron chi connectivity index (χ0n) is 21.0. The highest BCUT2D eigenvalue weighted by Gasteiger charge is 2.40. The predicted molar refractivity (Wildman–Crippen MR) is 142 cm³/mol. The van der Waals surface area contributed by atoms with Gasteiger partial charge in [0.05, 0.1) is 10.9 Å². The Morgan fingerprint density at radius 1 is 1.11 bits per heavy atom. The van der Waals surface area contributed by atoms with Crippen molar-refractivity contribution >= 4 is 22.5 Å². The second-order valence-electron chi connectivity index (χ2n) is 9.86. The second kappa shape index (κ2) is 9.54. The van der Waals surface area contributed by atoms with Gasteiger partial charge in [-0.15, -0.1) is 10.2 Å². The summed E-state index contributed by atoms with van der Waals surface area (Å²) in [6.45, 7) is 3.08. The van der Waals surface area contributed by atoms with Gasteiger partial charge in [-0.25, -0.2) is 4.39 Å². The van der Waals surface area contributed by atoms with Crippen LogP contribution in [0, 0.1) is 12.7 Å². The van der Waals surface area contributed by atoms with Crippen molar-refractivity contribution in [2.75, 3.05) is 13.2 Å². The van der Waals surface area contributed by atoms with Gasteiger partial charge in [-0.05, 0) is 66.3 Å². The van der Waals surface area contributed by atoms with Gasteiger partial charge >= 0.3 is 0 Å². The highest BCUT2D eigenvalue weighted by molar-refractivity contribution is 5.97. The third-order valence-corrected chi connectivity index (χ3v) is 7.44. The summed E-state index contributed by atoms with van der Waals surface area (Å²) >= 11 is 0. The smallest absolute Gasteiger partial charge is 0.228 e. The van der Waals surface area contributed by atoms with Crippen LogP contribution in [0.1, 0.15) is 29.5 Å². The molecule has 0 radical (unpaired) electrons. The number of primary amides is 1. The second-order valence-corrected chi connectivity index (χ2v) is 9.86. The Labute approximate surface area is 219 Å². The zero-order chi connectivity index (χ0) is 26.3. The van der Waals surface area contributed by atoms with Crippen molar-refractivity contribution in [1.82, 2.24) is 14.6 Å². The van der Waals surface area contributed by atoms with Crippen molar-refractivity contribution in [2.45, 2.75) is 31.8 Å². The van der Waals surface area contributed by atoms with Crippen LogP contribution in [0.4, 0.5) is 4.39 Å². The Morgan fingerprint density at radius 2 is 1.95 bits per heavy atom. The number of amides is 1. The van der Waals surface area contributed by atoms with Crippen LogP contribution in [-0.4, -0.2) is 33.7 Å². The molecule has 7 nitrogen and oxygen atoms in total. The number of aromatic nitrogens is 3. The van der Waals surface area contributed by atoms with Gasteiger partial charge in [-0.2, -0.15) is 0 Å². The highest BCUT2D eigenvalue weighted by atomic mass is 19.1. The van der Waals surface area contributed by atoms with Crippen LogP contribution in [-0.2, 0) is 21.6 Å². The average Bonchev–Trinajstić information content (AvgIpc) is 3.40. The summed E-state index contributed by atoms with van der Waals surface area (Å²) < 4.78 is 28.0. The minimum atomic E-state index is -0.965. The van der Waals surface area contributed by atoms with Gasteiger partial charge in [0.25, 0.3) is 0 Å². The number of aryl methyl sites for hydroxylation is 1. The van der Waals surface area contributed by atoms with Gasteiger partial charge in [0.2, 0.25) is 5.91 Å². The number of carbonyl (C=O) groups is 1. The molecule has 1 saturated heterocycles. The Kier molecular flexibility index (Phi) is 6.04. The van der Waals surface area contributed by atoms with Gasteiger partial charge in [0.1, 0.15) is 24.5 Å². The first kappa shape index (κ1) is 24.1. The molecule has 1 amide bonds. The number of nitrogens with two attached hydrogens (primary N) is 1. The minimum Gasteiger partial charge on any atom is -0.489 e. The standard InChI is InChI=1S/C30H27FN4O3/c1-19-3-2-4-21(11-19)26-16-28-34-33-18-35(28)27-12-20(5-6-25(26)27)17-38-24-14-22(13-23(31)15-24)30(29(32)36)7-9-37-10-8-30/h2-6,11-16,18H,7-10,17H2,1H3,(H2,32,36). The molecule has 0 spiro atoms. The minimum absolute atomic E-state index is 0.212. The molecule has 3 heterocycles. The van der Waals surface area contributed by atoms with E-state index in [1.165, 1.54) is 17.7 Å². The molecule has 1 aliphatic heterocycles. The number of benzene rings is 3. The monoisotopic (exact) mass is 510 g/mol. The average molecular weight is 511 g/mol. The normalized spacial score (nSPS) is 15.1. The first-order chi connectivity index (χ1) is 18.4. The Bertz CT molecular complexity index is 1670. The number of hydrogen-bond donors (Lipinski definition) is 1. The SMILES string of the molecule is Cc1cccc(-c2cc3nncn3c3cc(COc4cc(F)cc(C5(C(N)=O)CCOCC5)c4)ccc23)c1. The van der Waals surface area contributed by atoms with E-state index < -0.39 is 17.1 Å². The summed E-state index contributed by atoms with van der Waals surface area (Å²) in [5.41, 5.74) is 11.3. The van der Waals surface area contributed by atoms with Crippen LogP contribution in [0.2, 0.25) is 0 Å². The van der Waals surface area contributed by atoms with Gasteiger partial charge < -0.3 is 15.2 Å². The molecule has 0 saturated carbocycles. The molecular weight excluding hydrogens is 483 g/mol. The fraction of sp³-hybridized carbons (Fsp3) is 0.233. The van der Waals surface area contributed by atoms with Crippen LogP contribution in [0.5, 0.6) is 5.75 Å². The number of pyridine rings is 1. The summed E-state index contributed by atoms with van der Waals surface area (Å²) in [5.74, 6) is -0.610. The maximum atomic E-state index is 14.6. The maximum absolute atomic E-state index is 14.6. The van der Waals surface area contributed by atoms with Gasteiger partial charge in [0.15, 0.2) is 5.65 Å². The van der Waals surface area contributed by atoms with E-state index in [1.807, 2.05) is 28.7 Å². The summed E-state index contributed by atoms with van der Waals surface area (Å²) in [7, 11) is 0. The Morgan fingerprint density at radius 3 is 2.74 bits per heavy atom. The molecule has 0 aliphatic carbocycles. The largest absolute Gasteiger partial charge is 0.489 e. The van der Waals surface area contributed by atoms with Crippen molar-refractivity contribution in [3.8, 4) is 16.9 Å². The van der Waals surface area contributed by atoms with Crippen molar-refractivity contribution < 1.29 is 18.7 Å². The lowest BCUT2D eigenvalue weighted by molar-refractivity contribution is -0.127. The van der Waals surface area contributed by atoms with Gasteiger partial charge in [-0.1, -0.05) is 42.0 Å². The fourth-order valence-corrected chi connectivity index (χ4v) is 5.37. The van der Waals surface area contributed by atoms with E-state index in [0.29, 0.717) is 37.4 Å².